The zero-order valence-electron chi connectivity index (χ0n) is 11.7. The molecule has 2 aliphatic carbocycles. The van der Waals surface area contributed by atoms with E-state index in [4.69, 9.17) is 4.74 Å². The van der Waals surface area contributed by atoms with Gasteiger partial charge in [0.1, 0.15) is 0 Å². The summed E-state index contributed by atoms with van der Waals surface area (Å²) in [7, 11) is 0. The maximum absolute atomic E-state index is 5.91. The fraction of sp³-hybridized carbons (Fsp3) is 0.800. The summed E-state index contributed by atoms with van der Waals surface area (Å²) >= 11 is 0. The second-order valence-corrected chi connectivity index (χ2v) is 5.83. The lowest BCUT2D eigenvalue weighted by Gasteiger charge is -2.22. The standard InChI is InChI=1S/C15H25N3O/c1-2-4-15(5-3-1)19-9-8-16-10-14-11-17-12-18(14)13-6-7-13/h11-13,15-16H,1-10H2. The van der Waals surface area contributed by atoms with E-state index in [1.807, 2.05) is 12.5 Å². The number of imidazole rings is 1. The first kappa shape index (κ1) is 13.1. The fourth-order valence-electron chi connectivity index (χ4n) is 2.90. The van der Waals surface area contributed by atoms with E-state index in [0.717, 1.165) is 25.7 Å². The zero-order chi connectivity index (χ0) is 12.9. The summed E-state index contributed by atoms with van der Waals surface area (Å²) in [4.78, 5) is 4.25. The Morgan fingerprint density at radius 1 is 1.21 bits per heavy atom. The smallest absolute Gasteiger partial charge is 0.0951 e. The number of hydrogen-bond acceptors (Lipinski definition) is 3. The van der Waals surface area contributed by atoms with Gasteiger partial charge in [-0.2, -0.15) is 0 Å². The van der Waals surface area contributed by atoms with Crippen molar-refractivity contribution < 1.29 is 4.74 Å². The third-order valence-corrected chi connectivity index (χ3v) is 4.18. The van der Waals surface area contributed by atoms with E-state index in [9.17, 15) is 0 Å². The van der Waals surface area contributed by atoms with Gasteiger partial charge >= 0.3 is 0 Å². The summed E-state index contributed by atoms with van der Waals surface area (Å²) in [5.74, 6) is 0. The van der Waals surface area contributed by atoms with Gasteiger partial charge in [0.05, 0.1) is 24.7 Å². The number of nitrogens with one attached hydrogen (secondary N) is 1. The van der Waals surface area contributed by atoms with Crippen molar-refractivity contribution >= 4 is 0 Å². The Kier molecular flexibility index (Phi) is 4.51. The van der Waals surface area contributed by atoms with E-state index < -0.39 is 0 Å². The number of hydrogen-bond donors (Lipinski definition) is 1. The third kappa shape index (κ3) is 3.80. The van der Waals surface area contributed by atoms with Crippen LogP contribution in [0.1, 0.15) is 56.7 Å². The molecule has 1 aromatic heterocycles. The van der Waals surface area contributed by atoms with Crippen molar-refractivity contribution in [3.05, 3.63) is 18.2 Å². The van der Waals surface area contributed by atoms with Crippen molar-refractivity contribution in [3.63, 3.8) is 0 Å². The van der Waals surface area contributed by atoms with E-state index in [0.29, 0.717) is 6.10 Å². The summed E-state index contributed by atoms with van der Waals surface area (Å²) < 4.78 is 8.22. The minimum atomic E-state index is 0.521. The van der Waals surface area contributed by atoms with Gasteiger partial charge in [-0.3, -0.25) is 0 Å². The fourth-order valence-corrected chi connectivity index (χ4v) is 2.90. The molecule has 0 radical (unpaired) electrons. The van der Waals surface area contributed by atoms with Crippen LogP contribution in [0.15, 0.2) is 12.5 Å². The first-order valence-corrected chi connectivity index (χ1v) is 7.76. The van der Waals surface area contributed by atoms with Gasteiger partial charge in [-0.25, -0.2) is 4.98 Å². The summed E-state index contributed by atoms with van der Waals surface area (Å²) in [6, 6.07) is 0.720. The molecule has 0 aromatic carbocycles. The first-order valence-electron chi connectivity index (χ1n) is 7.76. The summed E-state index contributed by atoms with van der Waals surface area (Å²) in [5, 5.41) is 3.46. The Labute approximate surface area is 115 Å². The molecule has 0 amide bonds. The third-order valence-electron chi connectivity index (χ3n) is 4.18. The van der Waals surface area contributed by atoms with Gasteiger partial charge in [0.25, 0.3) is 0 Å². The number of ether oxygens (including phenoxy) is 1. The minimum Gasteiger partial charge on any atom is -0.377 e. The second-order valence-electron chi connectivity index (χ2n) is 5.83. The van der Waals surface area contributed by atoms with Crippen LogP contribution >= 0.6 is 0 Å². The Hall–Kier alpha value is -0.870. The molecule has 1 heterocycles. The van der Waals surface area contributed by atoms with Gasteiger partial charge < -0.3 is 14.6 Å². The molecule has 1 aromatic rings. The van der Waals surface area contributed by atoms with E-state index in [2.05, 4.69) is 14.9 Å². The molecule has 0 bridgehead atoms. The van der Waals surface area contributed by atoms with Crippen molar-refractivity contribution in [1.29, 1.82) is 0 Å². The molecule has 1 N–H and O–H groups in total. The molecule has 19 heavy (non-hydrogen) atoms. The number of aromatic nitrogens is 2. The van der Waals surface area contributed by atoms with E-state index in [-0.39, 0.29) is 0 Å². The first-order chi connectivity index (χ1) is 9.43. The van der Waals surface area contributed by atoms with E-state index in [1.54, 1.807) is 0 Å². The molecule has 3 rings (SSSR count). The molecule has 4 nitrogen and oxygen atoms in total. The average Bonchev–Trinajstić information content (AvgIpc) is 3.19. The molecule has 4 heteroatoms. The van der Waals surface area contributed by atoms with Crippen LogP contribution in [-0.4, -0.2) is 28.8 Å². The van der Waals surface area contributed by atoms with Crippen molar-refractivity contribution in [2.75, 3.05) is 13.2 Å². The molecule has 2 aliphatic rings. The van der Waals surface area contributed by atoms with Crippen LogP contribution in [0.3, 0.4) is 0 Å². The van der Waals surface area contributed by atoms with Gasteiger partial charge in [-0.1, -0.05) is 19.3 Å². The minimum absolute atomic E-state index is 0.521. The normalized spacial score (nSPS) is 20.8. The maximum Gasteiger partial charge on any atom is 0.0951 e. The maximum atomic E-state index is 5.91. The monoisotopic (exact) mass is 263 g/mol. The molecule has 2 saturated carbocycles. The number of rotatable bonds is 7. The SMILES string of the molecule is c1ncn(C2CC2)c1CNCCOC1CCCCC1. The van der Waals surface area contributed by atoms with Crippen LogP contribution in [0.2, 0.25) is 0 Å². The van der Waals surface area contributed by atoms with Crippen LogP contribution in [0.4, 0.5) is 0 Å². The van der Waals surface area contributed by atoms with Gasteiger partial charge in [-0.05, 0) is 25.7 Å². The molecule has 0 spiro atoms. The number of nitrogens with zero attached hydrogens (tertiary/aromatic N) is 2. The Morgan fingerprint density at radius 2 is 2.05 bits per heavy atom. The molecule has 0 atom stereocenters. The lowest BCUT2D eigenvalue weighted by molar-refractivity contribution is 0.0302. The predicted molar refractivity (Wildman–Crippen MR) is 75.0 cm³/mol. The van der Waals surface area contributed by atoms with Crippen LogP contribution in [0, 0.1) is 0 Å². The van der Waals surface area contributed by atoms with Crippen molar-refractivity contribution in [3.8, 4) is 0 Å². The van der Waals surface area contributed by atoms with Gasteiger partial charge in [0, 0.05) is 25.3 Å². The zero-order valence-corrected chi connectivity index (χ0v) is 11.7. The quantitative estimate of drug-likeness (QED) is 0.769. The van der Waals surface area contributed by atoms with Crippen LogP contribution in [-0.2, 0) is 11.3 Å². The summed E-state index contributed by atoms with van der Waals surface area (Å²) in [5.41, 5.74) is 1.31. The lowest BCUT2D eigenvalue weighted by atomic mass is 9.98. The summed E-state index contributed by atoms with van der Waals surface area (Å²) in [6.45, 7) is 2.68. The molecule has 106 valence electrons. The van der Waals surface area contributed by atoms with Crippen LogP contribution < -0.4 is 5.32 Å². The predicted octanol–water partition coefficient (Wildman–Crippen LogP) is 2.66. The Balaban J connectivity index is 1.31. The molecular weight excluding hydrogens is 238 g/mol. The van der Waals surface area contributed by atoms with Crippen LogP contribution in [0.25, 0.3) is 0 Å². The van der Waals surface area contributed by atoms with Crippen molar-refractivity contribution in [1.82, 2.24) is 14.9 Å². The molecule has 0 unspecified atom stereocenters. The Bertz CT molecular complexity index is 380. The highest BCUT2D eigenvalue weighted by molar-refractivity contribution is 5.03. The topological polar surface area (TPSA) is 39.1 Å². The van der Waals surface area contributed by atoms with Crippen molar-refractivity contribution in [2.45, 2.75) is 63.6 Å². The molecule has 0 aliphatic heterocycles. The van der Waals surface area contributed by atoms with Gasteiger partial charge in [0.2, 0.25) is 0 Å². The summed E-state index contributed by atoms with van der Waals surface area (Å²) in [6.07, 6.45) is 13.7. The highest BCUT2D eigenvalue weighted by Crippen LogP contribution is 2.35. The molecule has 0 saturated heterocycles. The van der Waals surface area contributed by atoms with E-state index in [1.165, 1.54) is 50.6 Å². The van der Waals surface area contributed by atoms with Gasteiger partial charge in [-0.15, -0.1) is 0 Å². The van der Waals surface area contributed by atoms with Gasteiger partial charge in [0.15, 0.2) is 0 Å². The molecule has 2 fully saturated rings. The molecular formula is C15H25N3O. The second kappa shape index (κ2) is 6.53. The Morgan fingerprint density at radius 3 is 2.84 bits per heavy atom. The van der Waals surface area contributed by atoms with Crippen molar-refractivity contribution in [2.24, 2.45) is 0 Å². The highest BCUT2D eigenvalue weighted by atomic mass is 16.5. The van der Waals surface area contributed by atoms with E-state index >= 15 is 0 Å². The largest absolute Gasteiger partial charge is 0.377 e. The van der Waals surface area contributed by atoms with Crippen LogP contribution in [0.5, 0.6) is 0 Å². The average molecular weight is 263 g/mol. The lowest BCUT2D eigenvalue weighted by Crippen LogP contribution is -2.25. The highest BCUT2D eigenvalue weighted by Gasteiger charge is 2.24.